The van der Waals surface area contributed by atoms with Gasteiger partial charge in [-0.25, -0.2) is 0 Å². The molecule has 0 saturated carbocycles. The van der Waals surface area contributed by atoms with E-state index in [9.17, 15) is 4.79 Å². The van der Waals surface area contributed by atoms with Gasteiger partial charge in [0.25, 0.3) is 0 Å². The predicted molar refractivity (Wildman–Crippen MR) is 101 cm³/mol. The van der Waals surface area contributed by atoms with Gasteiger partial charge in [0.05, 0.1) is 19.1 Å². The van der Waals surface area contributed by atoms with Crippen molar-refractivity contribution in [3.05, 3.63) is 48.2 Å². The monoisotopic (exact) mass is 371 g/mol. The molecule has 6 nitrogen and oxygen atoms in total. The number of ether oxygens (including phenoxy) is 1. The minimum atomic E-state index is 0.0382. The highest BCUT2D eigenvalue weighted by Gasteiger charge is 2.18. The molecule has 0 saturated heterocycles. The Balaban J connectivity index is 1.75. The van der Waals surface area contributed by atoms with Crippen molar-refractivity contribution in [2.24, 2.45) is 5.92 Å². The minimum Gasteiger partial charge on any atom is -0.497 e. The third-order valence-electron chi connectivity index (χ3n) is 3.75. The Morgan fingerprint density at radius 3 is 2.62 bits per heavy atom. The number of furan rings is 1. The van der Waals surface area contributed by atoms with E-state index >= 15 is 0 Å². The summed E-state index contributed by atoms with van der Waals surface area (Å²) in [5, 5.41) is 9.23. The summed E-state index contributed by atoms with van der Waals surface area (Å²) in [6.07, 6.45) is 1.61. The molecular formula is C19H21N3O3S. The van der Waals surface area contributed by atoms with Crippen LogP contribution in [0.2, 0.25) is 0 Å². The molecule has 0 bridgehead atoms. The largest absolute Gasteiger partial charge is 0.497 e. The molecule has 0 unspecified atom stereocenters. The number of hydrogen-bond donors (Lipinski definition) is 0. The summed E-state index contributed by atoms with van der Waals surface area (Å²) in [6.45, 7) is 5.01. The summed E-state index contributed by atoms with van der Waals surface area (Å²) in [7, 11) is 1.60. The third-order valence-corrected chi connectivity index (χ3v) is 4.72. The average molecular weight is 371 g/mol. The van der Waals surface area contributed by atoms with Crippen molar-refractivity contribution in [1.29, 1.82) is 0 Å². The molecule has 7 heteroatoms. The van der Waals surface area contributed by atoms with Crippen molar-refractivity contribution in [1.82, 2.24) is 14.8 Å². The molecule has 0 aliphatic rings. The number of carbonyl (C=O) groups excluding carboxylic acids is 1. The number of aromatic nitrogens is 3. The SMILES string of the molecule is COc1ccc(C(=O)CSc2nnc(-c3ccco3)n2CC(C)C)cc1. The molecule has 136 valence electrons. The molecule has 0 spiro atoms. The van der Waals surface area contributed by atoms with E-state index in [1.165, 1.54) is 11.8 Å². The van der Waals surface area contributed by atoms with E-state index in [-0.39, 0.29) is 5.78 Å². The maximum Gasteiger partial charge on any atom is 0.200 e. The topological polar surface area (TPSA) is 70.2 Å². The standard InChI is InChI=1S/C19H21N3O3S/c1-13(2)11-22-18(17-5-4-10-25-17)20-21-19(22)26-12-16(23)14-6-8-15(24-3)9-7-14/h4-10,13H,11-12H2,1-3H3. The summed E-state index contributed by atoms with van der Waals surface area (Å²) in [5.74, 6) is 2.83. The van der Waals surface area contributed by atoms with E-state index < -0.39 is 0 Å². The lowest BCUT2D eigenvalue weighted by molar-refractivity contribution is 0.102. The van der Waals surface area contributed by atoms with Gasteiger partial charge in [0.15, 0.2) is 22.5 Å². The van der Waals surface area contributed by atoms with Gasteiger partial charge in [-0.1, -0.05) is 25.6 Å². The Hall–Kier alpha value is -2.54. The van der Waals surface area contributed by atoms with E-state index in [0.29, 0.717) is 34.0 Å². The maximum absolute atomic E-state index is 12.4. The number of thioether (sulfide) groups is 1. The molecule has 0 N–H and O–H groups in total. The minimum absolute atomic E-state index is 0.0382. The van der Waals surface area contributed by atoms with Crippen molar-refractivity contribution in [2.45, 2.75) is 25.5 Å². The van der Waals surface area contributed by atoms with Crippen LogP contribution in [0.5, 0.6) is 5.75 Å². The van der Waals surface area contributed by atoms with Gasteiger partial charge >= 0.3 is 0 Å². The van der Waals surface area contributed by atoms with E-state index in [4.69, 9.17) is 9.15 Å². The first kappa shape index (κ1) is 18.3. The van der Waals surface area contributed by atoms with E-state index in [2.05, 4.69) is 24.0 Å². The van der Waals surface area contributed by atoms with Gasteiger partial charge in [-0.2, -0.15) is 0 Å². The highest BCUT2D eigenvalue weighted by atomic mass is 32.2. The molecule has 0 fully saturated rings. The molecule has 0 atom stereocenters. The second-order valence-corrected chi connectivity index (χ2v) is 7.17. The van der Waals surface area contributed by atoms with Gasteiger partial charge in [0, 0.05) is 12.1 Å². The van der Waals surface area contributed by atoms with Crippen LogP contribution in [0, 0.1) is 5.92 Å². The predicted octanol–water partition coefficient (Wildman–Crippen LogP) is 4.18. The summed E-state index contributed by atoms with van der Waals surface area (Å²) in [5.41, 5.74) is 0.652. The second-order valence-electron chi connectivity index (χ2n) is 6.23. The van der Waals surface area contributed by atoms with Gasteiger partial charge in [-0.3, -0.25) is 9.36 Å². The molecule has 3 aromatic rings. The molecule has 26 heavy (non-hydrogen) atoms. The molecule has 0 radical (unpaired) electrons. The smallest absolute Gasteiger partial charge is 0.200 e. The fourth-order valence-corrected chi connectivity index (χ4v) is 3.35. The van der Waals surface area contributed by atoms with Crippen LogP contribution in [0.3, 0.4) is 0 Å². The van der Waals surface area contributed by atoms with Crippen LogP contribution in [0.25, 0.3) is 11.6 Å². The number of carbonyl (C=O) groups is 1. The summed E-state index contributed by atoms with van der Waals surface area (Å²) >= 11 is 1.39. The molecule has 0 aliphatic heterocycles. The van der Waals surface area contributed by atoms with Gasteiger partial charge in [0.2, 0.25) is 0 Å². The second kappa shape index (κ2) is 8.23. The molecular weight excluding hydrogens is 350 g/mol. The number of benzene rings is 1. The lowest BCUT2D eigenvalue weighted by atomic mass is 10.1. The van der Waals surface area contributed by atoms with E-state index in [0.717, 1.165) is 12.3 Å². The third kappa shape index (κ3) is 4.16. The van der Waals surface area contributed by atoms with Crippen molar-refractivity contribution in [2.75, 3.05) is 12.9 Å². The maximum atomic E-state index is 12.4. The fourth-order valence-electron chi connectivity index (χ4n) is 2.50. The Bertz CT molecular complexity index is 855. The van der Waals surface area contributed by atoms with Crippen LogP contribution < -0.4 is 4.74 Å². The summed E-state index contributed by atoms with van der Waals surface area (Å²) in [4.78, 5) is 12.4. The number of methoxy groups -OCH3 is 1. The van der Waals surface area contributed by atoms with Gasteiger partial charge in [-0.15, -0.1) is 10.2 Å². The zero-order chi connectivity index (χ0) is 18.5. The highest BCUT2D eigenvalue weighted by molar-refractivity contribution is 7.99. The van der Waals surface area contributed by atoms with Crippen LogP contribution >= 0.6 is 11.8 Å². The lowest BCUT2D eigenvalue weighted by Gasteiger charge is -2.11. The first-order valence-corrected chi connectivity index (χ1v) is 9.34. The molecule has 2 aromatic heterocycles. The first-order chi connectivity index (χ1) is 12.6. The van der Waals surface area contributed by atoms with Crippen LogP contribution in [-0.4, -0.2) is 33.4 Å². The zero-order valence-corrected chi connectivity index (χ0v) is 15.8. The Morgan fingerprint density at radius 1 is 1.23 bits per heavy atom. The normalized spacial score (nSPS) is 11.1. The molecule has 3 rings (SSSR count). The van der Waals surface area contributed by atoms with E-state index in [1.807, 2.05) is 16.7 Å². The zero-order valence-electron chi connectivity index (χ0n) is 15.0. The van der Waals surface area contributed by atoms with Gasteiger partial charge in [-0.05, 0) is 42.3 Å². The summed E-state index contributed by atoms with van der Waals surface area (Å²) in [6, 6.07) is 10.8. The van der Waals surface area contributed by atoms with Crippen molar-refractivity contribution in [3.8, 4) is 17.3 Å². The Labute approximate surface area is 156 Å². The summed E-state index contributed by atoms with van der Waals surface area (Å²) < 4.78 is 12.6. The first-order valence-electron chi connectivity index (χ1n) is 8.35. The number of nitrogens with zero attached hydrogens (tertiary/aromatic N) is 3. The van der Waals surface area contributed by atoms with E-state index in [1.54, 1.807) is 37.6 Å². The lowest BCUT2D eigenvalue weighted by Crippen LogP contribution is -2.09. The van der Waals surface area contributed by atoms with Crippen LogP contribution in [0.15, 0.2) is 52.2 Å². The molecule has 1 aromatic carbocycles. The van der Waals surface area contributed by atoms with Gasteiger partial charge in [0.1, 0.15) is 5.75 Å². The quantitative estimate of drug-likeness (QED) is 0.437. The fraction of sp³-hybridized carbons (Fsp3) is 0.316. The van der Waals surface area contributed by atoms with Gasteiger partial charge < -0.3 is 9.15 Å². The van der Waals surface area contributed by atoms with Crippen LogP contribution in [0.4, 0.5) is 0 Å². The Kier molecular flexibility index (Phi) is 5.78. The molecule has 0 amide bonds. The number of Topliss-reactive ketones (excluding diaryl/α,β-unsaturated/α-hetero) is 1. The van der Waals surface area contributed by atoms with Crippen LogP contribution in [0.1, 0.15) is 24.2 Å². The van der Waals surface area contributed by atoms with Crippen molar-refractivity contribution < 1.29 is 13.9 Å². The van der Waals surface area contributed by atoms with Crippen molar-refractivity contribution in [3.63, 3.8) is 0 Å². The molecule has 0 aliphatic carbocycles. The highest BCUT2D eigenvalue weighted by Crippen LogP contribution is 2.26. The molecule has 2 heterocycles. The van der Waals surface area contributed by atoms with Crippen molar-refractivity contribution >= 4 is 17.5 Å². The number of hydrogen-bond acceptors (Lipinski definition) is 6. The average Bonchev–Trinajstić information content (AvgIpc) is 3.29. The Morgan fingerprint density at radius 2 is 2.00 bits per heavy atom. The number of rotatable bonds is 8. The number of ketones is 1. The van der Waals surface area contributed by atoms with Crippen LogP contribution in [-0.2, 0) is 6.54 Å².